The molecule has 2 heterocycles. The molecule has 5 nitrogen and oxygen atoms in total. The number of nitrogens with one attached hydrogen (secondary N) is 1. The number of ether oxygens (including phenoxy) is 1. The Bertz CT molecular complexity index is 596. The molecule has 0 aromatic heterocycles. The van der Waals surface area contributed by atoms with Crippen molar-refractivity contribution in [2.45, 2.75) is 25.8 Å². The van der Waals surface area contributed by atoms with Crippen molar-refractivity contribution in [1.29, 1.82) is 0 Å². The molecule has 2 unspecified atom stereocenters. The Kier molecular flexibility index (Phi) is 7.73. The molecule has 6 heteroatoms. The molecule has 3 rings (SSSR count). The van der Waals surface area contributed by atoms with Crippen LogP contribution in [0.4, 0.5) is 0 Å². The highest BCUT2D eigenvalue weighted by molar-refractivity contribution is 14.0. The van der Waals surface area contributed by atoms with Crippen LogP contribution < -0.4 is 5.32 Å². The number of aryl methyl sites for hydroxylation is 1. The lowest BCUT2D eigenvalue weighted by atomic mass is 9.87. The topological polar surface area (TPSA) is 40.1 Å². The quantitative estimate of drug-likeness (QED) is 0.416. The van der Waals surface area contributed by atoms with Gasteiger partial charge in [0, 0.05) is 38.7 Å². The first kappa shape index (κ1) is 21.4. The van der Waals surface area contributed by atoms with E-state index < -0.39 is 0 Å². The minimum atomic E-state index is 0. The lowest BCUT2D eigenvalue weighted by Crippen LogP contribution is -2.44. The summed E-state index contributed by atoms with van der Waals surface area (Å²) < 4.78 is 5.65. The number of halogens is 1. The predicted molar refractivity (Wildman–Crippen MR) is 118 cm³/mol. The fraction of sp³-hybridized carbons (Fsp3) is 0.650. The summed E-state index contributed by atoms with van der Waals surface area (Å²) in [5, 5.41) is 3.61. The van der Waals surface area contributed by atoms with Gasteiger partial charge in [-0.3, -0.25) is 4.99 Å². The molecule has 2 fully saturated rings. The smallest absolute Gasteiger partial charge is 0.193 e. The number of hydrogen-bond acceptors (Lipinski definition) is 3. The predicted octanol–water partition coefficient (Wildman–Crippen LogP) is 2.90. The number of rotatable bonds is 4. The van der Waals surface area contributed by atoms with Crippen molar-refractivity contribution in [3.05, 3.63) is 35.4 Å². The third-order valence-corrected chi connectivity index (χ3v) is 5.67. The van der Waals surface area contributed by atoms with Crippen LogP contribution in [0.1, 0.15) is 30.0 Å². The number of benzene rings is 1. The molecule has 1 spiro atoms. The molecule has 1 N–H and O–H groups in total. The summed E-state index contributed by atoms with van der Waals surface area (Å²) in [6, 6.07) is 9.15. The Labute approximate surface area is 175 Å². The highest BCUT2D eigenvalue weighted by atomic mass is 127. The van der Waals surface area contributed by atoms with E-state index in [2.05, 4.69) is 65.4 Å². The summed E-state index contributed by atoms with van der Waals surface area (Å²) in [4.78, 5) is 9.20. The van der Waals surface area contributed by atoms with Crippen LogP contribution in [0.25, 0.3) is 0 Å². The van der Waals surface area contributed by atoms with Crippen molar-refractivity contribution in [3.8, 4) is 0 Å². The molecular weight excluding hydrogens is 439 g/mol. The van der Waals surface area contributed by atoms with Crippen molar-refractivity contribution in [2.24, 2.45) is 10.4 Å². The second-order valence-corrected chi connectivity index (χ2v) is 7.79. The molecule has 26 heavy (non-hydrogen) atoms. The molecule has 1 aromatic carbocycles. The van der Waals surface area contributed by atoms with E-state index in [-0.39, 0.29) is 24.0 Å². The van der Waals surface area contributed by atoms with E-state index in [1.54, 1.807) is 0 Å². The van der Waals surface area contributed by atoms with Gasteiger partial charge < -0.3 is 19.9 Å². The molecule has 2 aliphatic heterocycles. The van der Waals surface area contributed by atoms with Gasteiger partial charge in [0.2, 0.25) is 0 Å². The molecule has 0 radical (unpaired) electrons. The van der Waals surface area contributed by atoms with Crippen LogP contribution in [0.2, 0.25) is 0 Å². The van der Waals surface area contributed by atoms with Crippen molar-refractivity contribution in [3.63, 3.8) is 0 Å². The van der Waals surface area contributed by atoms with Crippen molar-refractivity contribution in [1.82, 2.24) is 15.1 Å². The molecule has 0 bridgehead atoms. The largest absolute Gasteiger partial charge is 0.381 e. The lowest BCUT2D eigenvalue weighted by molar-refractivity contribution is 0.156. The van der Waals surface area contributed by atoms with E-state index in [4.69, 9.17) is 4.74 Å². The van der Waals surface area contributed by atoms with Crippen LogP contribution in [0.3, 0.4) is 0 Å². The van der Waals surface area contributed by atoms with Gasteiger partial charge >= 0.3 is 0 Å². The van der Waals surface area contributed by atoms with Gasteiger partial charge in [-0.05, 0) is 39.4 Å². The van der Waals surface area contributed by atoms with Crippen LogP contribution in [-0.4, -0.2) is 69.8 Å². The molecular formula is C20H33IN4O. The van der Waals surface area contributed by atoms with E-state index in [9.17, 15) is 0 Å². The zero-order valence-electron chi connectivity index (χ0n) is 16.5. The number of hydrogen-bond donors (Lipinski definition) is 1. The summed E-state index contributed by atoms with van der Waals surface area (Å²) >= 11 is 0. The van der Waals surface area contributed by atoms with E-state index in [0.29, 0.717) is 11.5 Å². The van der Waals surface area contributed by atoms with Crippen molar-refractivity contribution in [2.75, 3.05) is 54.0 Å². The Hall–Kier alpha value is -0.860. The summed E-state index contributed by atoms with van der Waals surface area (Å²) in [5.74, 6) is 1.02. The third kappa shape index (κ3) is 4.89. The first-order chi connectivity index (χ1) is 12.0. The van der Waals surface area contributed by atoms with Gasteiger partial charge in [0.05, 0.1) is 12.6 Å². The van der Waals surface area contributed by atoms with Crippen LogP contribution >= 0.6 is 24.0 Å². The number of aliphatic imine (C=N–C) groups is 1. The summed E-state index contributed by atoms with van der Waals surface area (Å²) in [5.41, 5.74) is 2.99. The van der Waals surface area contributed by atoms with E-state index in [1.165, 1.54) is 24.0 Å². The van der Waals surface area contributed by atoms with Gasteiger partial charge in [0.25, 0.3) is 0 Å². The normalized spacial score (nSPS) is 24.2. The molecule has 0 amide bonds. The van der Waals surface area contributed by atoms with Crippen LogP contribution in [-0.2, 0) is 4.74 Å². The molecule has 1 aromatic rings. The van der Waals surface area contributed by atoms with E-state index >= 15 is 0 Å². The first-order valence-electron chi connectivity index (χ1n) is 9.29. The molecule has 2 saturated heterocycles. The van der Waals surface area contributed by atoms with E-state index in [0.717, 1.165) is 38.8 Å². The first-order valence-corrected chi connectivity index (χ1v) is 9.29. The maximum Gasteiger partial charge on any atom is 0.193 e. The molecule has 146 valence electrons. The van der Waals surface area contributed by atoms with Crippen LogP contribution in [0.5, 0.6) is 0 Å². The molecule has 2 aliphatic rings. The van der Waals surface area contributed by atoms with E-state index in [1.807, 2.05) is 7.05 Å². The van der Waals surface area contributed by atoms with Gasteiger partial charge in [-0.25, -0.2) is 0 Å². The monoisotopic (exact) mass is 472 g/mol. The number of nitrogens with zero attached hydrogens (tertiary/aromatic N) is 3. The Morgan fingerprint density at radius 1 is 1.31 bits per heavy atom. The highest BCUT2D eigenvalue weighted by Gasteiger charge is 2.42. The Balaban J connectivity index is 0.00000243. The molecule has 2 atom stereocenters. The minimum absolute atomic E-state index is 0. The number of likely N-dealkylation sites (tertiary alicyclic amines) is 1. The van der Waals surface area contributed by atoms with Gasteiger partial charge in [0.15, 0.2) is 5.96 Å². The second kappa shape index (κ2) is 9.37. The van der Waals surface area contributed by atoms with Gasteiger partial charge in [0.1, 0.15) is 0 Å². The third-order valence-electron chi connectivity index (χ3n) is 5.67. The average Bonchev–Trinajstić information content (AvgIpc) is 3.23. The van der Waals surface area contributed by atoms with Gasteiger partial charge in [-0.1, -0.05) is 29.8 Å². The fourth-order valence-corrected chi connectivity index (χ4v) is 3.99. The van der Waals surface area contributed by atoms with Crippen molar-refractivity contribution < 1.29 is 4.74 Å². The van der Waals surface area contributed by atoms with Gasteiger partial charge in [-0.15, -0.1) is 24.0 Å². The SMILES string of the molecule is CN=C(NCC(c1ccc(C)cc1)N(C)C)N1CCC2(CCOC2)C1.I. The van der Waals surface area contributed by atoms with Crippen molar-refractivity contribution >= 4 is 29.9 Å². The minimum Gasteiger partial charge on any atom is -0.381 e. The standard InChI is InChI=1S/C20H32N4O.HI/c1-16-5-7-17(8-6-16)18(23(3)4)13-22-19(21-2)24-11-9-20(14-24)10-12-25-15-20;/h5-8,18H,9-15H2,1-4H3,(H,21,22);1H. The summed E-state index contributed by atoms with van der Waals surface area (Å²) in [6.07, 6.45) is 2.40. The molecule has 0 saturated carbocycles. The maximum atomic E-state index is 5.65. The number of guanidine groups is 1. The fourth-order valence-electron chi connectivity index (χ4n) is 3.99. The average molecular weight is 472 g/mol. The van der Waals surface area contributed by atoms with Gasteiger partial charge in [-0.2, -0.15) is 0 Å². The van der Waals surface area contributed by atoms with Crippen LogP contribution in [0.15, 0.2) is 29.3 Å². The Morgan fingerprint density at radius 3 is 2.62 bits per heavy atom. The highest BCUT2D eigenvalue weighted by Crippen LogP contribution is 2.38. The Morgan fingerprint density at radius 2 is 2.04 bits per heavy atom. The van der Waals surface area contributed by atoms with Crippen LogP contribution in [0, 0.1) is 12.3 Å². The second-order valence-electron chi connectivity index (χ2n) is 7.79. The molecule has 0 aliphatic carbocycles. The summed E-state index contributed by atoms with van der Waals surface area (Å²) in [6.45, 7) is 6.93. The zero-order chi connectivity index (χ0) is 17.9. The zero-order valence-corrected chi connectivity index (χ0v) is 18.8. The number of likely N-dealkylation sites (N-methyl/N-ethyl adjacent to an activating group) is 1. The lowest BCUT2D eigenvalue weighted by Gasteiger charge is -2.29. The summed E-state index contributed by atoms with van der Waals surface area (Å²) in [7, 11) is 6.15. The maximum absolute atomic E-state index is 5.65.